The molecule has 2 saturated heterocycles. The first-order chi connectivity index (χ1) is 9.93. The molecule has 110 valence electrons. The second-order valence-corrected chi connectivity index (χ2v) is 5.18. The van der Waals surface area contributed by atoms with Crippen molar-refractivity contribution in [2.45, 2.75) is 12.6 Å². The van der Waals surface area contributed by atoms with Crippen LogP contribution in [-0.2, 0) is 15.9 Å². The van der Waals surface area contributed by atoms with Gasteiger partial charge in [-0.05, 0) is 0 Å². The quantitative estimate of drug-likeness (QED) is 0.773. The monoisotopic (exact) mass is 278 g/mol. The smallest absolute Gasteiger partial charge is 0.0682 e. The Kier molecular flexibility index (Phi) is 4.91. The van der Waals surface area contributed by atoms with E-state index in [9.17, 15) is 0 Å². The fourth-order valence-electron chi connectivity index (χ4n) is 2.86. The molecule has 6 heteroatoms. The predicted octanol–water partition coefficient (Wildman–Crippen LogP) is 0.00960. The van der Waals surface area contributed by atoms with Crippen LogP contribution in [0.25, 0.3) is 0 Å². The highest BCUT2D eigenvalue weighted by Gasteiger charge is 2.28. The molecule has 0 N–H and O–H groups in total. The van der Waals surface area contributed by atoms with Crippen LogP contribution < -0.4 is 0 Å². The van der Waals surface area contributed by atoms with Crippen LogP contribution >= 0.6 is 0 Å². The summed E-state index contributed by atoms with van der Waals surface area (Å²) >= 11 is 0. The third-order valence-electron chi connectivity index (χ3n) is 3.94. The summed E-state index contributed by atoms with van der Waals surface area (Å²) in [5, 5.41) is 0. The number of aromatic nitrogens is 2. The molecule has 1 aromatic rings. The van der Waals surface area contributed by atoms with Crippen LogP contribution in [0.1, 0.15) is 5.69 Å². The van der Waals surface area contributed by atoms with Crippen molar-refractivity contribution < 1.29 is 9.47 Å². The van der Waals surface area contributed by atoms with E-state index in [4.69, 9.17) is 9.47 Å². The van der Waals surface area contributed by atoms with Crippen molar-refractivity contribution in [3.63, 3.8) is 0 Å². The number of rotatable bonds is 4. The highest BCUT2D eigenvalue weighted by Crippen LogP contribution is 2.15. The van der Waals surface area contributed by atoms with E-state index in [1.165, 1.54) is 0 Å². The molecule has 20 heavy (non-hydrogen) atoms. The van der Waals surface area contributed by atoms with Gasteiger partial charge in [0.1, 0.15) is 0 Å². The molecule has 2 aliphatic heterocycles. The lowest BCUT2D eigenvalue weighted by atomic mass is 10.2. The number of nitrogens with zero attached hydrogens (tertiary/aromatic N) is 4. The van der Waals surface area contributed by atoms with Crippen LogP contribution in [0.4, 0.5) is 0 Å². The average Bonchev–Trinajstić information content (AvgIpc) is 2.55. The Bertz CT molecular complexity index is 373. The van der Waals surface area contributed by atoms with Gasteiger partial charge in [-0.2, -0.15) is 0 Å². The normalized spacial score (nSPS) is 22.2. The third-order valence-corrected chi connectivity index (χ3v) is 3.94. The van der Waals surface area contributed by atoms with Crippen molar-refractivity contribution in [2.75, 3.05) is 52.6 Å². The first-order valence-corrected chi connectivity index (χ1v) is 7.32. The van der Waals surface area contributed by atoms with E-state index in [1.54, 1.807) is 12.4 Å². The van der Waals surface area contributed by atoms with E-state index < -0.39 is 0 Å². The Hall–Kier alpha value is -1.08. The van der Waals surface area contributed by atoms with E-state index in [-0.39, 0.29) is 0 Å². The van der Waals surface area contributed by atoms with Crippen LogP contribution in [0.5, 0.6) is 0 Å². The minimum Gasteiger partial charge on any atom is -0.379 e. The molecule has 3 heterocycles. The lowest BCUT2D eigenvalue weighted by molar-refractivity contribution is -0.0657. The Morgan fingerprint density at radius 1 is 0.950 bits per heavy atom. The summed E-state index contributed by atoms with van der Waals surface area (Å²) in [7, 11) is 0. The Morgan fingerprint density at radius 3 is 2.05 bits per heavy atom. The first-order valence-electron chi connectivity index (χ1n) is 7.32. The van der Waals surface area contributed by atoms with Gasteiger partial charge in [-0.25, -0.2) is 0 Å². The third kappa shape index (κ3) is 3.52. The fraction of sp³-hybridized carbons (Fsp3) is 0.714. The topological polar surface area (TPSA) is 50.7 Å². The van der Waals surface area contributed by atoms with Crippen LogP contribution in [0.2, 0.25) is 0 Å². The van der Waals surface area contributed by atoms with Gasteiger partial charge in [-0.3, -0.25) is 19.8 Å². The molecular formula is C14H22N4O2. The summed E-state index contributed by atoms with van der Waals surface area (Å²) in [6.07, 6.45) is 6.65. The van der Waals surface area contributed by atoms with Crippen LogP contribution in [-0.4, -0.2) is 78.5 Å². The largest absolute Gasteiger partial charge is 0.379 e. The highest BCUT2D eigenvalue weighted by atomic mass is 16.5. The zero-order valence-corrected chi connectivity index (χ0v) is 11.8. The number of ether oxygens (including phenoxy) is 2. The summed E-state index contributed by atoms with van der Waals surface area (Å²) in [5.74, 6) is 0. The SMILES string of the molecule is c1cnc(CC(N2CCOCC2)N2CCOCC2)cn1. The van der Waals surface area contributed by atoms with Crippen molar-refractivity contribution >= 4 is 0 Å². The van der Waals surface area contributed by atoms with E-state index >= 15 is 0 Å². The first kappa shape index (κ1) is 13.9. The average molecular weight is 278 g/mol. The Morgan fingerprint density at radius 2 is 1.55 bits per heavy atom. The summed E-state index contributed by atoms with van der Waals surface area (Å²) in [6.45, 7) is 7.24. The molecule has 0 atom stereocenters. The lowest BCUT2D eigenvalue weighted by Gasteiger charge is -2.42. The standard InChI is InChI=1S/C14H22N4O2/c1-2-16-13(12-15-1)11-14(17-3-7-19-8-4-17)18-5-9-20-10-6-18/h1-2,12,14H,3-11H2. The maximum absolute atomic E-state index is 5.47. The molecule has 0 radical (unpaired) electrons. The van der Waals surface area contributed by atoms with Crippen molar-refractivity contribution in [3.05, 3.63) is 24.3 Å². The molecule has 3 rings (SSSR count). The number of hydrogen-bond donors (Lipinski definition) is 0. The van der Waals surface area contributed by atoms with Gasteiger partial charge >= 0.3 is 0 Å². The van der Waals surface area contributed by atoms with Crippen molar-refractivity contribution in [1.29, 1.82) is 0 Å². The molecule has 0 aromatic carbocycles. The van der Waals surface area contributed by atoms with Crippen LogP contribution in [0.3, 0.4) is 0 Å². The highest BCUT2D eigenvalue weighted by molar-refractivity contribution is 4.98. The maximum atomic E-state index is 5.47. The van der Waals surface area contributed by atoms with Gasteiger partial charge in [-0.1, -0.05) is 0 Å². The van der Waals surface area contributed by atoms with Crippen LogP contribution in [0.15, 0.2) is 18.6 Å². The van der Waals surface area contributed by atoms with E-state index in [0.717, 1.165) is 64.7 Å². The molecule has 0 spiro atoms. The van der Waals surface area contributed by atoms with Gasteiger partial charge in [0.15, 0.2) is 0 Å². The molecule has 1 aromatic heterocycles. The predicted molar refractivity (Wildman–Crippen MR) is 74.3 cm³/mol. The molecule has 2 fully saturated rings. The van der Waals surface area contributed by atoms with Crippen LogP contribution in [0, 0.1) is 0 Å². The van der Waals surface area contributed by atoms with E-state index in [1.807, 2.05) is 6.20 Å². The molecule has 0 aliphatic carbocycles. The van der Waals surface area contributed by atoms with Gasteiger partial charge < -0.3 is 9.47 Å². The molecule has 2 aliphatic rings. The van der Waals surface area contributed by atoms with Crippen molar-refractivity contribution in [1.82, 2.24) is 19.8 Å². The van der Waals surface area contributed by atoms with Gasteiger partial charge in [0.25, 0.3) is 0 Å². The van der Waals surface area contributed by atoms with Gasteiger partial charge in [-0.15, -0.1) is 0 Å². The Labute approximate surface area is 119 Å². The molecule has 0 bridgehead atoms. The summed E-state index contributed by atoms with van der Waals surface area (Å²) in [5.41, 5.74) is 1.05. The number of hydrogen-bond acceptors (Lipinski definition) is 6. The fourth-order valence-corrected chi connectivity index (χ4v) is 2.86. The zero-order chi connectivity index (χ0) is 13.6. The Balaban J connectivity index is 1.71. The second-order valence-electron chi connectivity index (χ2n) is 5.18. The minimum atomic E-state index is 0.375. The van der Waals surface area contributed by atoms with Crippen molar-refractivity contribution in [3.8, 4) is 0 Å². The molecule has 6 nitrogen and oxygen atoms in total. The molecule has 0 unspecified atom stereocenters. The zero-order valence-electron chi connectivity index (χ0n) is 11.8. The van der Waals surface area contributed by atoms with Gasteiger partial charge in [0, 0.05) is 51.2 Å². The van der Waals surface area contributed by atoms with Gasteiger partial charge in [0.05, 0.1) is 38.3 Å². The van der Waals surface area contributed by atoms with Gasteiger partial charge in [0.2, 0.25) is 0 Å². The second kappa shape index (κ2) is 7.08. The summed E-state index contributed by atoms with van der Waals surface area (Å²) < 4.78 is 10.9. The lowest BCUT2D eigenvalue weighted by Crippen LogP contribution is -2.56. The summed E-state index contributed by atoms with van der Waals surface area (Å²) in [6, 6.07) is 0. The molecule has 0 saturated carbocycles. The summed E-state index contributed by atoms with van der Waals surface area (Å²) in [4.78, 5) is 13.6. The molecule has 0 amide bonds. The maximum Gasteiger partial charge on any atom is 0.0682 e. The van der Waals surface area contributed by atoms with E-state index in [0.29, 0.717) is 6.17 Å². The van der Waals surface area contributed by atoms with Crippen molar-refractivity contribution in [2.24, 2.45) is 0 Å². The van der Waals surface area contributed by atoms with E-state index in [2.05, 4.69) is 19.8 Å². The number of morpholine rings is 2. The minimum absolute atomic E-state index is 0.375. The molecular weight excluding hydrogens is 256 g/mol.